The minimum absolute atomic E-state index is 0.00223. The van der Waals surface area contributed by atoms with Crippen LogP contribution in [0.25, 0.3) is 0 Å². The molecular formula is C45H89NO8P-. The standard InChI is InChI=1S/C45H90NO8P/c1-3-5-7-9-11-13-15-17-19-21-23-25-27-29-31-33-44(48)41-43(42-54-55(50,51)53-39-36-46-35-38-52-40-37-47)45(49)34-32-30-28-26-24-22-20-18-16-14-12-10-8-6-4-2/h43,46-47H,3-42H2,1-2H3,(H,50,51)/p-1. The molecule has 0 aromatic carbocycles. The molecule has 0 bridgehead atoms. The SMILES string of the molecule is CCCCCCCCCCCCCCCCCC(=O)CC(COP(=O)([O-])OCCNCCOCCO)C(=O)CCCCCCCCCCCCCCCCC. The van der Waals surface area contributed by atoms with E-state index in [1.54, 1.807) is 0 Å². The molecular weight excluding hydrogens is 713 g/mol. The molecule has 0 radical (unpaired) electrons. The second-order valence-electron chi connectivity index (χ2n) is 16.0. The van der Waals surface area contributed by atoms with E-state index in [4.69, 9.17) is 18.9 Å². The fourth-order valence-corrected chi connectivity index (χ4v) is 7.85. The van der Waals surface area contributed by atoms with Crippen molar-refractivity contribution >= 4 is 19.4 Å². The number of unbranched alkanes of at least 4 members (excludes halogenated alkanes) is 28. The summed E-state index contributed by atoms with van der Waals surface area (Å²) in [4.78, 5) is 38.7. The van der Waals surface area contributed by atoms with Crippen molar-refractivity contribution in [3.05, 3.63) is 0 Å². The van der Waals surface area contributed by atoms with Gasteiger partial charge in [0.2, 0.25) is 0 Å². The van der Waals surface area contributed by atoms with Crippen LogP contribution >= 0.6 is 7.82 Å². The summed E-state index contributed by atoms with van der Waals surface area (Å²) >= 11 is 0. The number of carbonyl (C=O) groups excluding carboxylic acids is 2. The largest absolute Gasteiger partial charge is 0.756 e. The van der Waals surface area contributed by atoms with Crippen LogP contribution in [0.4, 0.5) is 0 Å². The molecule has 0 amide bonds. The van der Waals surface area contributed by atoms with Gasteiger partial charge in [-0.15, -0.1) is 0 Å². The van der Waals surface area contributed by atoms with Crippen LogP contribution < -0.4 is 10.2 Å². The molecule has 0 rings (SSSR count). The van der Waals surface area contributed by atoms with Gasteiger partial charge in [-0.2, -0.15) is 0 Å². The van der Waals surface area contributed by atoms with E-state index in [1.165, 1.54) is 154 Å². The molecule has 10 heteroatoms. The van der Waals surface area contributed by atoms with Gasteiger partial charge in [-0.1, -0.05) is 194 Å². The number of aliphatic hydroxyl groups excluding tert-OH is 1. The first kappa shape index (κ1) is 54.3. The zero-order valence-corrected chi connectivity index (χ0v) is 37.0. The van der Waals surface area contributed by atoms with Crippen LogP contribution in [0.2, 0.25) is 0 Å². The molecule has 0 aliphatic rings. The highest BCUT2D eigenvalue weighted by Crippen LogP contribution is 2.39. The maximum absolute atomic E-state index is 13.2. The molecule has 2 N–H and O–H groups in total. The van der Waals surface area contributed by atoms with E-state index in [2.05, 4.69) is 19.2 Å². The van der Waals surface area contributed by atoms with E-state index in [-0.39, 0.29) is 51.0 Å². The van der Waals surface area contributed by atoms with Gasteiger partial charge in [0.05, 0.1) is 33.0 Å². The van der Waals surface area contributed by atoms with Crippen LogP contribution in [0, 0.1) is 5.92 Å². The number of rotatable bonds is 47. The Kier molecular flexibility index (Phi) is 42.4. The van der Waals surface area contributed by atoms with Gasteiger partial charge >= 0.3 is 0 Å². The van der Waals surface area contributed by atoms with Crippen molar-refractivity contribution in [3.8, 4) is 0 Å². The average Bonchev–Trinajstić information content (AvgIpc) is 3.17. The molecule has 0 spiro atoms. The smallest absolute Gasteiger partial charge is 0.267 e. The number of hydrogen-bond donors (Lipinski definition) is 2. The number of phosphoric ester groups is 1. The average molecular weight is 803 g/mol. The monoisotopic (exact) mass is 803 g/mol. The Hall–Kier alpha value is -0.670. The Bertz CT molecular complexity index is 876. The topological polar surface area (TPSA) is 134 Å². The maximum atomic E-state index is 13.2. The highest BCUT2D eigenvalue weighted by atomic mass is 31.2. The van der Waals surface area contributed by atoms with Crippen molar-refractivity contribution in [2.75, 3.05) is 46.1 Å². The summed E-state index contributed by atoms with van der Waals surface area (Å²) in [5.41, 5.74) is 0. The molecule has 0 saturated heterocycles. The van der Waals surface area contributed by atoms with Crippen LogP contribution in [0.1, 0.15) is 226 Å². The molecule has 0 fully saturated rings. The second-order valence-corrected chi connectivity index (χ2v) is 17.4. The Balaban J connectivity index is 4.39. The van der Waals surface area contributed by atoms with Crippen LogP contribution in [0.3, 0.4) is 0 Å². The van der Waals surface area contributed by atoms with Gasteiger partial charge in [-0.25, -0.2) is 0 Å². The lowest BCUT2D eigenvalue weighted by Gasteiger charge is -2.25. The normalized spacial score (nSPS) is 13.3. The molecule has 0 saturated carbocycles. The highest BCUT2D eigenvalue weighted by Gasteiger charge is 2.24. The quantitative estimate of drug-likeness (QED) is 0.0455. The minimum atomic E-state index is -4.63. The lowest BCUT2D eigenvalue weighted by atomic mass is 9.92. The number of nitrogens with one attached hydrogen (secondary N) is 1. The number of Topliss-reactive ketones (excluding diaryl/α,β-unsaturated/α-hetero) is 2. The lowest BCUT2D eigenvalue weighted by molar-refractivity contribution is -0.226. The number of hydrogen-bond acceptors (Lipinski definition) is 9. The first-order chi connectivity index (χ1) is 26.9. The summed E-state index contributed by atoms with van der Waals surface area (Å²) < 4.78 is 27.8. The third-order valence-corrected chi connectivity index (χ3v) is 11.6. The summed E-state index contributed by atoms with van der Waals surface area (Å²) in [5, 5.41) is 11.7. The summed E-state index contributed by atoms with van der Waals surface area (Å²) in [6, 6.07) is 0. The van der Waals surface area contributed by atoms with Gasteiger partial charge < -0.3 is 29.1 Å². The fourth-order valence-electron chi connectivity index (χ4n) is 7.09. The van der Waals surface area contributed by atoms with Crippen molar-refractivity contribution in [2.45, 2.75) is 226 Å². The third kappa shape index (κ3) is 41.3. The van der Waals surface area contributed by atoms with Crippen molar-refractivity contribution in [2.24, 2.45) is 5.92 Å². The van der Waals surface area contributed by atoms with Gasteiger partial charge in [0, 0.05) is 38.3 Å². The first-order valence-electron chi connectivity index (χ1n) is 23.4. The molecule has 0 aromatic heterocycles. The Labute approximate surface area is 339 Å². The molecule has 328 valence electrons. The zero-order valence-electron chi connectivity index (χ0n) is 36.1. The van der Waals surface area contributed by atoms with Gasteiger partial charge in [-0.05, 0) is 12.8 Å². The summed E-state index contributed by atoms with van der Waals surface area (Å²) in [6.07, 6.45) is 38.4. The van der Waals surface area contributed by atoms with Crippen LogP contribution in [-0.4, -0.2) is 62.8 Å². The number of aliphatic hydroxyl groups is 1. The van der Waals surface area contributed by atoms with Gasteiger partial charge in [0.1, 0.15) is 11.6 Å². The molecule has 2 unspecified atom stereocenters. The van der Waals surface area contributed by atoms with Crippen molar-refractivity contribution < 1.29 is 37.9 Å². The summed E-state index contributed by atoms with van der Waals surface area (Å²) in [5.74, 6) is -0.866. The predicted octanol–water partition coefficient (Wildman–Crippen LogP) is 11.8. The molecule has 0 aliphatic carbocycles. The molecule has 0 aliphatic heterocycles. The van der Waals surface area contributed by atoms with E-state index < -0.39 is 13.7 Å². The van der Waals surface area contributed by atoms with E-state index in [1.807, 2.05) is 0 Å². The van der Waals surface area contributed by atoms with E-state index >= 15 is 0 Å². The van der Waals surface area contributed by atoms with Crippen molar-refractivity contribution in [3.63, 3.8) is 0 Å². The zero-order chi connectivity index (χ0) is 40.3. The molecule has 9 nitrogen and oxygen atoms in total. The van der Waals surface area contributed by atoms with Crippen LogP contribution in [0.15, 0.2) is 0 Å². The summed E-state index contributed by atoms with van der Waals surface area (Å²) in [7, 11) is -4.63. The summed E-state index contributed by atoms with van der Waals surface area (Å²) in [6.45, 7) is 5.42. The first-order valence-corrected chi connectivity index (χ1v) is 24.9. The van der Waals surface area contributed by atoms with Crippen molar-refractivity contribution in [1.29, 1.82) is 0 Å². The van der Waals surface area contributed by atoms with Gasteiger partial charge in [0.15, 0.2) is 0 Å². The molecule has 0 aromatic rings. The highest BCUT2D eigenvalue weighted by molar-refractivity contribution is 7.45. The lowest BCUT2D eigenvalue weighted by Crippen LogP contribution is -2.26. The van der Waals surface area contributed by atoms with Crippen LogP contribution in [-0.2, 0) is 27.9 Å². The fraction of sp³-hybridized carbons (Fsp3) is 0.956. The van der Waals surface area contributed by atoms with E-state index in [9.17, 15) is 19.0 Å². The molecule has 0 heterocycles. The molecule has 2 atom stereocenters. The van der Waals surface area contributed by atoms with Gasteiger partial charge in [0.25, 0.3) is 7.82 Å². The second kappa shape index (κ2) is 42.9. The Morgan fingerprint density at radius 2 is 0.927 bits per heavy atom. The number of ether oxygens (including phenoxy) is 1. The molecule has 55 heavy (non-hydrogen) atoms. The third-order valence-electron chi connectivity index (χ3n) is 10.6. The van der Waals surface area contributed by atoms with Crippen molar-refractivity contribution in [1.82, 2.24) is 5.32 Å². The number of phosphoric acid groups is 1. The van der Waals surface area contributed by atoms with E-state index in [0.29, 0.717) is 26.0 Å². The Morgan fingerprint density at radius 3 is 1.35 bits per heavy atom. The maximum Gasteiger partial charge on any atom is 0.267 e. The predicted molar refractivity (Wildman–Crippen MR) is 227 cm³/mol. The van der Waals surface area contributed by atoms with Gasteiger partial charge in [-0.3, -0.25) is 14.2 Å². The minimum Gasteiger partial charge on any atom is -0.756 e. The van der Waals surface area contributed by atoms with E-state index in [0.717, 1.165) is 38.5 Å². The van der Waals surface area contributed by atoms with Crippen LogP contribution in [0.5, 0.6) is 0 Å². The Morgan fingerprint density at radius 1 is 0.545 bits per heavy atom. The number of carbonyl (C=O) groups is 2. The number of ketones is 2.